The van der Waals surface area contributed by atoms with E-state index in [1.54, 1.807) is 55.5 Å². The standard InChI is InChI=1S/C16H12BrClO3/c1-10(15(19)11-6-8-12(18)9-7-11)21-16(20)13-4-2-3-5-14(13)17/h2-10H,1H3/t10-/m0/s1. The minimum Gasteiger partial charge on any atom is -0.451 e. The third-order valence-electron chi connectivity index (χ3n) is 2.88. The lowest BCUT2D eigenvalue weighted by molar-refractivity contribution is 0.0318. The molecule has 5 heteroatoms. The number of ether oxygens (including phenoxy) is 1. The van der Waals surface area contributed by atoms with E-state index in [0.717, 1.165) is 0 Å². The van der Waals surface area contributed by atoms with Gasteiger partial charge in [0.15, 0.2) is 6.10 Å². The first-order valence-corrected chi connectivity index (χ1v) is 7.41. The number of esters is 1. The van der Waals surface area contributed by atoms with Crippen LogP contribution in [0.3, 0.4) is 0 Å². The molecule has 0 unspecified atom stereocenters. The number of benzene rings is 2. The minimum absolute atomic E-state index is 0.271. The Bertz CT molecular complexity index is 667. The molecule has 2 rings (SSSR count). The molecule has 108 valence electrons. The van der Waals surface area contributed by atoms with Crippen molar-refractivity contribution in [2.75, 3.05) is 0 Å². The molecule has 0 amide bonds. The molecule has 0 N–H and O–H groups in total. The first kappa shape index (κ1) is 15.7. The van der Waals surface area contributed by atoms with Crippen molar-refractivity contribution in [3.8, 4) is 0 Å². The van der Waals surface area contributed by atoms with Crippen LogP contribution in [0.2, 0.25) is 5.02 Å². The molecule has 0 aliphatic heterocycles. The van der Waals surface area contributed by atoms with Crippen LogP contribution in [0.1, 0.15) is 27.6 Å². The summed E-state index contributed by atoms with van der Waals surface area (Å²) in [4.78, 5) is 24.2. The molecule has 0 aliphatic rings. The van der Waals surface area contributed by atoms with Crippen molar-refractivity contribution in [2.45, 2.75) is 13.0 Å². The summed E-state index contributed by atoms with van der Waals surface area (Å²) in [6, 6.07) is 13.3. The van der Waals surface area contributed by atoms with Crippen LogP contribution in [0.5, 0.6) is 0 Å². The lowest BCUT2D eigenvalue weighted by atomic mass is 10.1. The number of rotatable bonds is 4. The SMILES string of the molecule is C[C@H](OC(=O)c1ccccc1Br)C(=O)c1ccc(Cl)cc1. The molecule has 0 fully saturated rings. The molecular weight excluding hydrogens is 356 g/mol. The summed E-state index contributed by atoms with van der Waals surface area (Å²) in [6.07, 6.45) is -0.870. The largest absolute Gasteiger partial charge is 0.451 e. The third kappa shape index (κ3) is 3.93. The summed E-state index contributed by atoms with van der Waals surface area (Å²) in [5, 5.41) is 0.546. The van der Waals surface area contributed by atoms with Crippen LogP contribution < -0.4 is 0 Å². The first-order chi connectivity index (χ1) is 9.99. The van der Waals surface area contributed by atoms with E-state index in [4.69, 9.17) is 16.3 Å². The summed E-state index contributed by atoms with van der Waals surface area (Å²) >= 11 is 9.05. The maximum Gasteiger partial charge on any atom is 0.339 e. The van der Waals surface area contributed by atoms with Crippen LogP contribution in [0.25, 0.3) is 0 Å². The fraction of sp³-hybridized carbons (Fsp3) is 0.125. The molecule has 2 aromatic rings. The molecule has 3 nitrogen and oxygen atoms in total. The van der Waals surface area contributed by atoms with E-state index in [0.29, 0.717) is 20.6 Å². The van der Waals surface area contributed by atoms with Gasteiger partial charge in [-0.25, -0.2) is 4.79 Å². The lowest BCUT2D eigenvalue weighted by Gasteiger charge is -2.13. The van der Waals surface area contributed by atoms with Gasteiger partial charge in [0.1, 0.15) is 0 Å². The average molecular weight is 368 g/mol. The summed E-state index contributed by atoms with van der Waals surface area (Å²) < 4.78 is 5.84. The van der Waals surface area contributed by atoms with Gasteiger partial charge in [0, 0.05) is 15.1 Å². The van der Waals surface area contributed by atoms with Gasteiger partial charge in [0.25, 0.3) is 0 Å². The Labute approximate surface area is 136 Å². The zero-order chi connectivity index (χ0) is 15.4. The second-order valence-corrected chi connectivity index (χ2v) is 5.69. The molecule has 0 saturated carbocycles. The van der Waals surface area contributed by atoms with Crippen molar-refractivity contribution < 1.29 is 14.3 Å². The van der Waals surface area contributed by atoms with Gasteiger partial charge in [0.05, 0.1) is 5.56 Å². The van der Waals surface area contributed by atoms with E-state index in [1.165, 1.54) is 0 Å². The Morgan fingerprint density at radius 3 is 2.33 bits per heavy atom. The van der Waals surface area contributed by atoms with Gasteiger partial charge in [-0.2, -0.15) is 0 Å². The molecule has 0 aromatic heterocycles. The lowest BCUT2D eigenvalue weighted by Crippen LogP contribution is -2.24. The number of carbonyl (C=O) groups is 2. The van der Waals surface area contributed by atoms with Gasteiger partial charge in [-0.15, -0.1) is 0 Å². The second-order valence-electron chi connectivity index (χ2n) is 4.40. The van der Waals surface area contributed by atoms with Crippen molar-refractivity contribution in [3.05, 3.63) is 69.2 Å². The average Bonchev–Trinajstić information content (AvgIpc) is 2.47. The number of hydrogen-bond acceptors (Lipinski definition) is 3. The highest BCUT2D eigenvalue weighted by molar-refractivity contribution is 9.10. The highest BCUT2D eigenvalue weighted by Gasteiger charge is 2.21. The van der Waals surface area contributed by atoms with Gasteiger partial charge in [-0.3, -0.25) is 4.79 Å². The summed E-state index contributed by atoms with van der Waals surface area (Å²) in [7, 11) is 0. The number of hydrogen-bond donors (Lipinski definition) is 0. The van der Waals surface area contributed by atoms with Crippen molar-refractivity contribution in [1.82, 2.24) is 0 Å². The van der Waals surface area contributed by atoms with E-state index in [1.807, 2.05) is 0 Å². The van der Waals surface area contributed by atoms with Crippen LogP contribution in [0.15, 0.2) is 53.0 Å². The highest BCUT2D eigenvalue weighted by atomic mass is 79.9. The topological polar surface area (TPSA) is 43.4 Å². The quantitative estimate of drug-likeness (QED) is 0.589. The van der Waals surface area contributed by atoms with Gasteiger partial charge in [-0.05, 0) is 59.3 Å². The zero-order valence-electron chi connectivity index (χ0n) is 11.2. The Hall–Kier alpha value is -1.65. The normalized spacial score (nSPS) is 11.8. The predicted molar refractivity (Wildman–Crippen MR) is 84.8 cm³/mol. The smallest absolute Gasteiger partial charge is 0.339 e. The van der Waals surface area contributed by atoms with E-state index >= 15 is 0 Å². The van der Waals surface area contributed by atoms with Gasteiger partial charge in [-0.1, -0.05) is 23.7 Å². The van der Waals surface area contributed by atoms with Crippen LogP contribution >= 0.6 is 27.5 Å². The maximum atomic E-state index is 12.2. The fourth-order valence-electron chi connectivity index (χ4n) is 1.75. The van der Waals surface area contributed by atoms with Gasteiger partial charge >= 0.3 is 5.97 Å². The van der Waals surface area contributed by atoms with Crippen molar-refractivity contribution in [1.29, 1.82) is 0 Å². The Morgan fingerprint density at radius 1 is 1.10 bits per heavy atom. The van der Waals surface area contributed by atoms with Crippen LogP contribution in [-0.2, 0) is 4.74 Å². The van der Waals surface area contributed by atoms with E-state index in [2.05, 4.69) is 15.9 Å². The number of ketones is 1. The molecule has 0 bridgehead atoms. The monoisotopic (exact) mass is 366 g/mol. The maximum absolute atomic E-state index is 12.2. The van der Waals surface area contributed by atoms with Gasteiger partial charge in [0.2, 0.25) is 5.78 Å². The van der Waals surface area contributed by atoms with Crippen molar-refractivity contribution >= 4 is 39.3 Å². The van der Waals surface area contributed by atoms with E-state index in [-0.39, 0.29) is 5.78 Å². The predicted octanol–water partition coefficient (Wildman–Crippen LogP) is 4.53. The zero-order valence-corrected chi connectivity index (χ0v) is 13.5. The molecule has 0 aliphatic carbocycles. The molecule has 21 heavy (non-hydrogen) atoms. The molecule has 0 spiro atoms. The molecular formula is C16H12BrClO3. The molecule has 0 saturated heterocycles. The summed E-state index contributed by atoms with van der Waals surface area (Å²) in [6.45, 7) is 1.55. The van der Waals surface area contributed by atoms with Crippen LogP contribution in [-0.4, -0.2) is 17.9 Å². The van der Waals surface area contributed by atoms with Crippen LogP contribution in [0.4, 0.5) is 0 Å². The van der Waals surface area contributed by atoms with Crippen LogP contribution in [0, 0.1) is 0 Å². The Morgan fingerprint density at radius 2 is 1.71 bits per heavy atom. The van der Waals surface area contributed by atoms with E-state index in [9.17, 15) is 9.59 Å². The first-order valence-electron chi connectivity index (χ1n) is 6.24. The Balaban J connectivity index is 2.09. The second kappa shape index (κ2) is 6.87. The number of carbonyl (C=O) groups excluding carboxylic acids is 2. The van der Waals surface area contributed by atoms with Crippen molar-refractivity contribution in [3.63, 3.8) is 0 Å². The Kier molecular flexibility index (Phi) is 5.15. The number of halogens is 2. The molecule has 1 atom stereocenters. The fourth-order valence-corrected chi connectivity index (χ4v) is 2.33. The number of Topliss-reactive ketones (excluding diaryl/α,β-unsaturated/α-hetero) is 1. The molecule has 0 heterocycles. The molecule has 2 aromatic carbocycles. The third-order valence-corrected chi connectivity index (χ3v) is 3.82. The highest BCUT2D eigenvalue weighted by Crippen LogP contribution is 2.18. The van der Waals surface area contributed by atoms with Gasteiger partial charge < -0.3 is 4.74 Å². The van der Waals surface area contributed by atoms with Crippen molar-refractivity contribution in [2.24, 2.45) is 0 Å². The van der Waals surface area contributed by atoms with E-state index < -0.39 is 12.1 Å². The minimum atomic E-state index is -0.870. The summed E-state index contributed by atoms with van der Waals surface area (Å²) in [5.41, 5.74) is 0.833. The summed E-state index contributed by atoms with van der Waals surface area (Å²) in [5.74, 6) is -0.815. The molecule has 0 radical (unpaired) electrons.